The van der Waals surface area contributed by atoms with E-state index in [1.165, 1.54) is 92.6 Å². The molecule has 31 heavy (non-hydrogen) atoms. The van der Waals surface area contributed by atoms with Gasteiger partial charge in [-0.1, -0.05) is 106 Å². The van der Waals surface area contributed by atoms with Crippen molar-refractivity contribution in [3.63, 3.8) is 0 Å². The van der Waals surface area contributed by atoms with Gasteiger partial charge in [-0.25, -0.2) is 9.97 Å². The predicted molar refractivity (Wildman–Crippen MR) is 136 cm³/mol. The maximum Gasteiger partial charge on any atom is 0.128 e. The molecule has 1 saturated carbocycles. The van der Waals surface area contributed by atoms with E-state index in [4.69, 9.17) is 9.97 Å². The van der Waals surface area contributed by atoms with Gasteiger partial charge in [-0.3, -0.25) is 0 Å². The summed E-state index contributed by atoms with van der Waals surface area (Å²) in [6.45, 7) is 4.55. The maximum absolute atomic E-state index is 4.69. The molecule has 170 valence electrons. The van der Waals surface area contributed by atoms with E-state index in [-0.39, 0.29) is 0 Å². The van der Waals surface area contributed by atoms with Gasteiger partial charge in [-0.05, 0) is 48.3 Å². The van der Waals surface area contributed by atoms with Crippen LogP contribution in [0.25, 0.3) is 11.1 Å². The van der Waals surface area contributed by atoms with Gasteiger partial charge in [0.2, 0.25) is 0 Å². The molecule has 0 N–H and O–H groups in total. The first-order chi connectivity index (χ1) is 15.2. The second-order valence-corrected chi connectivity index (χ2v) is 10.4. The molecule has 0 atom stereocenters. The Kier molecular flexibility index (Phi) is 10.5. The van der Waals surface area contributed by atoms with E-state index in [0.717, 1.165) is 36.1 Å². The summed E-state index contributed by atoms with van der Waals surface area (Å²) in [4.78, 5) is 9.38. The van der Waals surface area contributed by atoms with Gasteiger partial charge in [0.05, 0.1) is 0 Å². The van der Waals surface area contributed by atoms with Crippen LogP contribution < -0.4 is 0 Å². The number of nitrogens with zero attached hydrogens (tertiary/aromatic N) is 2. The van der Waals surface area contributed by atoms with Crippen molar-refractivity contribution in [3.8, 4) is 11.1 Å². The number of halogens is 1. The smallest absolute Gasteiger partial charge is 0.128 e. The van der Waals surface area contributed by atoms with Gasteiger partial charge in [0.1, 0.15) is 5.82 Å². The number of unbranched alkanes of at least 4 members (excludes halogenated alkanes) is 4. The van der Waals surface area contributed by atoms with Crippen LogP contribution in [0.1, 0.15) is 102 Å². The summed E-state index contributed by atoms with van der Waals surface area (Å²) in [7, 11) is 0. The van der Waals surface area contributed by atoms with Crippen molar-refractivity contribution in [1.82, 2.24) is 9.97 Å². The van der Waals surface area contributed by atoms with E-state index < -0.39 is 0 Å². The molecule has 1 fully saturated rings. The molecule has 0 radical (unpaired) electrons. The Morgan fingerprint density at radius 2 is 1.42 bits per heavy atom. The minimum absolute atomic E-state index is 0.877. The zero-order valence-corrected chi connectivity index (χ0v) is 21.3. The number of hydrogen-bond acceptors (Lipinski definition) is 2. The summed E-state index contributed by atoms with van der Waals surface area (Å²) in [5, 5.41) is 0. The Morgan fingerprint density at radius 1 is 0.774 bits per heavy atom. The molecule has 0 amide bonds. The number of aromatic nitrogens is 2. The molecule has 0 saturated heterocycles. The first-order valence-electron chi connectivity index (χ1n) is 12.8. The van der Waals surface area contributed by atoms with E-state index in [1.54, 1.807) is 0 Å². The Labute approximate surface area is 198 Å². The largest absolute Gasteiger partial charge is 0.241 e. The molecule has 2 nitrogen and oxygen atoms in total. The quantitative estimate of drug-likeness (QED) is 0.280. The highest BCUT2D eigenvalue weighted by molar-refractivity contribution is 9.10. The number of aryl methyl sites for hydroxylation is 2. The molecular weight excluding hydrogens is 444 g/mol. The van der Waals surface area contributed by atoms with Crippen LogP contribution in [0, 0.1) is 11.8 Å². The Bertz CT molecular complexity index is 763. The third kappa shape index (κ3) is 8.00. The number of benzene rings is 1. The van der Waals surface area contributed by atoms with E-state index >= 15 is 0 Å². The first kappa shape index (κ1) is 24.4. The third-order valence-electron chi connectivity index (χ3n) is 7.10. The predicted octanol–water partition coefficient (Wildman–Crippen LogP) is 8.96. The van der Waals surface area contributed by atoms with Gasteiger partial charge in [0.15, 0.2) is 0 Å². The highest BCUT2D eigenvalue weighted by Gasteiger charge is 2.21. The molecule has 1 aliphatic carbocycles. The van der Waals surface area contributed by atoms with Crippen LogP contribution in [-0.4, -0.2) is 9.97 Å². The van der Waals surface area contributed by atoms with Crippen LogP contribution in [0.3, 0.4) is 0 Å². The zero-order chi connectivity index (χ0) is 21.9. The summed E-state index contributed by atoms with van der Waals surface area (Å²) in [6.07, 6.45) is 22.6. The Hall–Kier alpha value is -1.22. The monoisotopic (exact) mass is 484 g/mol. The lowest BCUT2D eigenvalue weighted by atomic mass is 9.78. The molecule has 1 aromatic heterocycles. The van der Waals surface area contributed by atoms with Crippen LogP contribution in [0.4, 0.5) is 0 Å². The average molecular weight is 486 g/mol. The van der Waals surface area contributed by atoms with E-state index in [9.17, 15) is 0 Å². The van der Waals surface area contributed by atoms with Gasteiger partial charge < -0.3 is 0 Å². The summed E-state index contributed by atoms with van der Waals surface area (Å²) < 4.78 is 1.20. The number of rotatable bonds is 12. The van der Waals surface area contributed by atoms with Gasteiger partial charge in [-0.15, -0.1) is 0 Å². The van der Waals surface area contributed by atoms with Crippen molar-refractivity contribution in [1.29, 1.82) is 0 Å². The van der Waals surface area contributed by atoms with Crippen LogP contribution in [-0.2, 0) is 12.8 Å². The van der Waals surface area contributed by atoms with Crippen LogP contribution in [0.15, 0.2) is 35.1 Å². The third-order valence-corrected chi connectivity index (χ3v) is 7.84. The molecule has 0 bridgehead atoms. The van der Waals surface area contributed by atoms with Crippen molar-refractivity contribution in [2.75, 3.05) is 0 Å². The van der Waals surface area contributed by atoms with Gasteiger partial charge in [-0.2, -0.15) is 0 Å². The summed E-state index contributed by atoms with van der Waals surface area (Å²) in [5.74, 6) is 2.88. The molecule has 3 heteroatoms. The molecule has 1 heterocycles. The lowest BCUT2D eigenvalue weighted by Crippen LogP contribution is -2.15. The molecule has 3 rings (SSSR count). The minimum atomic E-state index is 0.877. The van der Waals surface area contributed by atoms with Crippen molar-refractivity contribution in [2.24, 2.45) is 11.8 Å². The highest BCUT2D eigenvalue weighted by Crippen LogP contribution is 2.34. The molecule has 0 unspecified atom stereocenters. The zero-order valence-electron chi connectivity index (χ0n) is 19.7. The maximum atomic E-state index is 4.69. The second kappa shape index (κ2) is 13.4. The molecule has 0 spiro atoms. The van der Waals surface area contributed by atoms with Crippen LogP contribution >= 0.6 is 15.9 Å². The van der Waals surface area contributed by atoms with E-state index in [0.29, 0.717) is 0 Å². The average Bonchev–Trinajstić information content (AvgIpc) is 2.80. The first-order valence-corrected chi connectivity index (χ1v) is 13.6. The normalized spacial score (nSPS) is 18.9. The van der Waals surface area contributed by atoms with Crippen molar-refractivity contribution >= 4 is 15.9 Å². The van der Waals surface area contributed by atoms with Crippen molar-refractivity contribution in [3.05, 3.63) is 46.5 Å². The summed E-state index contributed by atoms with van der Waals surface area (Å²) in [5.41, 5.74) is 3.70. The Balaban J connectivity index is 1.45. The van der Waals surface area contributed by atoms with Crippen molar-refractivity contribution in [2.45, 2.75) is 104 Å². The van der Waals surface area contributed by atoms with Crippen molar-refractivity contribution < 1.29 is 0 Å². The lowest BCUT2D eigenvalue weighted by Gasteiger charge is -2.28. The van der Waals surface area contributed by atoms with Gasteiger partial charge in [0.25, 0.3) is 0 Å². The standard InChI is InChI=1S/C28H41BrN2/c1-3-5-7-9-22-11-13-23(14-12-22)15-18-28-30-20-26(21-31-28)25-17-16-24(27(29)19-25)10-8-6-4-2/h16-17,19-23H,3-15,18H2,1-2H3. The summed E-state index contributed by atoms with van der Waals surface area (Å²) in [6, 6.07) is 6.68. The fraction of sp³-hybridized carbons (Fsp3) is 0.643. The van der Waals surface area contributed by atoms with Crippen LogP contribution in [0.2, 0.25) is 0 Å². The fourth-order valence-corrected chi connectivity index (χ4v) is 5.53. The molecule has 1 aromatic carbocycles. The SMILES string of the molecule is CCCCCc1ccc(-c2cnc(CCC3CCC(CCCCC)CC3)nc2)cc1Br. The molecule has 0 aliphatic heterocycles. The number of hydrogen-bond donors (Lipinski definition) is 0. The lowest BCUT2D eigenvalue weighted by molar-refractivity contribution is 0.248. The molecule has 2 aromatic rings. The molecular formula is C28H41BrN2. The summed E-state index contributed by atoms with van der Waals surface area (Å²) >= 11 is 3.76. The van der Waals surface area contributed by atoms with Crippen LogP contribution in [0.5, 0.6) is 0 Å². The Morgan fingerprint density at radius 3 is 2.06 bits per heavy atom. The van der Waals surface area contributed by atoms with Gasteiger partial charge >= 0.3 is 0 Å². The second-order valence-electron chi connectivity index (χ2n) is 9.57. The fourth-order valence-electron chi connectivity index (χ4n) is 4.95. The van der Waals surface area contributed by atoms with E-state index in [2.05, 4.69) is 48.0 Å². The van der Waals surface area contributed by atoms with Gasteiger partial charge in [0, 0.05) is 28.9 Å². The minimum Gasteiger partial charge on any atom is -0.241 e. The molecule has 1 aliphatic rings. The topological polar surface area (TPSA) is 25.8 Å². The highest BCUT2D eigenvalue weighted by atomic mass is 79.9. The van der Waals surface area contributed by atoms with E-state index in [1.807, 2.05) is 12.4 Å².